The number of hydrogen-bond acceptors (Lipinski definition) is 7. The molecule has 2 aliphatic rings. The lowest BCUT2D eigenvalue weighted by molar-refractivity contribution is -0.140. The maximum Gasteiger partial charge on any atom is 0.295 e. The van der Waals surface area contributed by atoms with Crippen LogP contribution >= 0.6 is 0 Å². The second kappa shape index (κ2) is 10.9. The van der Waals surface area contributed by atoms with Crippen molar-refractivity contribution < 1.29 is 28.9 Å². The van der Waals surface area contributed by atoms with Crippen LogP contribution in [0.1, 0.15) is 29.2 Å². The third kappa shape index (κ3) is 5.18. The van der Waals surface area contributed by atoms with Crippen LogP contribution < -0.4 is 9.47 Å². The van der Waals surface area contributed by atoms with Gasteiger partial charge in [0.1, 0.15) is 17.3 Å². The zero-order valence-electron chi connectivity index (χ0n) is 20.5. The Balaban J connectivity index is 1.69. The summed E-state index contributed by atoms with van der Waals surface area (Å²) < 4.78 is 16.0. The molecule has 35 heavy (non-hydrogen) atoms. The number of likely N-dealkylation sites (tertiary alicyclic amines) is 1. The third-order valence-corrected chi connectivity index (χ3v) is 6.62. The number of aliphatic hydroxyl groups excluding tert-OH is 1. The number of hydrogen-bond donors (Lipinski definition) is 1. The summed E-state index contributed by atoms with van der Waals surface area (Å²) in [6, 6.07) is 11.7. The van der Waals surface area contributed by atoms with Crippen LogP contribution in [0.25, 0.3) is 5.76 Å². The van der Waals surface area contributed by atoms with Gasteiger partial charge in [0.05, 0.1) is 39.0 Å². The van der Waals surface area contributed by atoms with Crippen molar-refractivity contribution in [1.82, 2.24) is 9.80 Å². The van der Waals surface area contributed by atoms with Crippen molar-refractivity contribution in [2.24, 2.45) is 0 Å². The number of nitrogens with zero attached hydrogens (tertiary/aromatic N) is 2. The van der Waals surface area contributed by atoms with Crippen LogP contribution in [0.3, 0.4) is 0 Å². The molecule has 2 fully saturated rings. The molecule has 0 saturated carbocycles. The lowest BCUT2D eigenvalue weighted by atomic mass is 9.94. The molecule has 0 aliphatic carbocycles. The number of methoxy groups -OCH3 is 2. The predicted molar refractivity (Wildman–Crippen MR) is 132 cm³/mol. The Morgan fingerprint density at radius 1 is 1.03 bits per heavy atom. The molecule has 1 N–H and O–H groups in total. The molecule has 186 valence electrons. The molecular weight excluding hydrogens is 448 g/mol. The third-order valence-electron chi connectivity index (χ3n) is 6.62. The second-order valence-electron chi connectivity index (χ2n) is 8.76. The zero-order chi connectivity index (χ0) is 24.9. The first-order valence-corrected chi connectivity index (χ1v) is 11.8. The summed E-state index contributed by atoms with van der Waals surface area (Å²) in [7, 11) is 3.16. The molecule has 0 aromatic heterocycles. The first kappa shape index (κ1) is 24.8. The van der Waals surface area contributed by atoms with Gasteiger partial charge in [-0.1, -0.05) is 12.1 Å². The number of carbonyl (C=O) groups excluding carboxylic acids is 2. The fourth-order valence-electron chi connectivity index (χ4n) is 4.71. The fourth-order valence-corrected chi connectivity index (χ4v) is 4.71. The lowest BCUT2D eigenvalue weighted by Crippen LogP contribution is -2.38. The Hall–Kier alpha value is -3.36. The van der Waals surface area contributed by atoms with Crippen LogP contribution in [0.15, 0.2) is 48.0 Å². The maximum absolute atomic E-state index is 13.2. The van der Waals surface area contributed by atoms with Crippen molar-refractivity contribution in [2.75, 3.05) is 53.6 Å². The van der Waals surface area contributed by atoms with E-state index >= 15 is 0 Å². The van der Waals surface area contributed by atoms with E-state index in [0.29, 0.717) is 43.2 Å². The molecule has 8 heteroatoms. The molecule has 2 aromatic carbocycles. The van der Waals surface area contributed by atoms with Gasteiger partial charge < -0.3 is 24.2 Å². The predicted octanol–water partition coefficient (Wildman–Crippen LogP) is 3.16. The van der Waals surface area contributed by atoms with E-state index in [2.05, 4.69) is 4.90 Å². The Morgan fingerprint density at radius 2 is 1.74 bits per heavy atom. The van der Waals surface area contributed by atoms with E-state index in [9.17, 15) is 14.7 Å². The SMILES string of the molecule is COc1ccc([C@H]2C(=C(O)c3ccc(OC)c(C)c3)C(=O)C(=O)N2CCCN2CCOCC2)cc1. The molecule has 2 aliphatic heterocycles. The van der Waals surface area contributed by atoms with Crippen LogP contribution in [-0.4, -0.2) is 80.2 Å². The fraction of sp³-hybridized carbons (Fsp3) is 0.407. The van der Waals surface area contributed by atoms with Crippen molar-refractivity contribution in [3.05, 3.63) is 64.7 Å². The minimum absolute atomic E-state index is 0.0936. The van der Waals surface area contributed by atoms with Gasteiger partial charge in [-0.2, -0.15) is 0 Å². The van der Waals surface area contributed by atoms with E-state index in [0.717, 1.165) is 30.8 Å². The van der Waals surface area contributed by atoms with Crippen molar-refractivity contribution in [3.8, 4) is 11.5 Å². The summed E-state index contributed by atoms with van der Waals surface area (Å²) in [5, 5.41) is 11.3. The van der Waals surface area contributed by atoms with Crippen molar-refractivity contribution in [2.45, 2.75) is 19.4 Å². The highest BCUT2D eigenvalue weighted by atomic mass is 16.5. The van der Waals surface area contributed by atoms with Gasteiger partial charge in [-0.05, 0) is 54.8 Å². The number of morpholine rings is 1. The van der Waals surface area contributed by atoms with Crippen molar-refractivity contribution in [1.29, 1.82) is 0 Å². The zero-order valence-corrected chi connectivity index (χ0v) is 20.5. The summed E-state index contributed by atoms with van der Waals surface area (Å²) in [5.41, 5.74) is 2.12. The van der Waals surface area contributed by atoms with E-state index in [1.165, 1.54) is 0 Å². The molecule has 2 saturated heterocycles. The highest BCUT2D eigenvalue weighted by Gasteiger charge is 2.45. The molecule has 0 bridgehead atoms. The largest absolute Gasteiger partial charge is 0.507 e. The smallest absolute Gasteiger partial charge is 0.295 e. The molecule has 0 unspecified atom stereocenters. The molecule has 2 aromatic rings. The number of benzene rings is 2. The second-order valence-corrected chi connectivity index (χ2v) is 8.76. The van der Waals surface area contributed by atoms with Gasteiger partial charge in [0, 0.05) is 31.7 Å². The van der Waals surface area contributed by atoms with Gasteiger partial charge >= 0.3 is 0 Å². The van der Waals surface area contributed by atoms with Crippen LogP contribution in [-0.2, 0) is 14.3 Å². The molecule has 8 nitrogen and oxygen atoms in total. The number of rotatable bonds is 8. The Bertz CT molecular complexity index is 1110. The average Bonchev–Trinajstić information content (AvgIpc) is 3.14. The number of Topliss-reactive ketones (excluding diaryl/α,β-unsaturated/α-hetero) is 1. The van der Waals surface area contributed by atoms with E-state index in [4.69, 9.17) is 14.2 Å². The van der Waals surface area contributed by atoms with Gasteiger partial charge in [-0.25, -0.2) is 0 Å². The minimum atomic E-state index is -0.687. The summed E-state index contributed by atoms with van der Waals surface area (Å²) in [6.45, 7) is 6.20. The first-order chi connectivity index (χ1) is 16.9. The number of aliphatic hydroxyl groups is 1. The van der Waals surface area contributed by atoms with Crippen LogP contribution in [0.4, 0.5) is 0 Å². The summed E-state index contributed by atoms with van der Waals surface area (Å²) in [5.74, 6) is -0.117. The normalized spacial score (nSPS) is 20.3. The van der Waals surface area contributed by atoms with E-state index in [1.54, 1.807) is 49.5 Å². The molecule has 2 heterocycles. The Labute approximate surface area is 205 Å². The monoisotopic (exact) mass is 480 g/mol. The number of amides is 1. The van der Waals surface area contributed by atoms with Gasteiger partial charge in [-0.3, -0.25) is 14.5 Å². The Morgan fingerprint density at radius 3 is 2.37 bits per heavy atom. The number of ether oxygens (including phenoxy) is 3. The van der Waals surface area contributed by atoms with Gasteiger partial charge in [0.25, 0.3) is 11.7 Å². The lowest BCUT2D eigenvalue weighted by Gasteiger charge is -2.29. The van der Waals surface area contributed by atoms with Crippen molar-refractivity contribution in [3.63, 3.8) is 0 Å². The van der Waals surface area contributed by atoms with Gasteiger partial charge in [0.2, 0.25) is 0 Å². The molecule has 4 rings (SSSR count). The molecule has 1 atom stereocenters. The van der Waals surface area contributed by atoms with E-state index in [1.807, 2.05) is 19.1 Å². The van der Waals surface area contributed by atoms with Gasteiger partial charge in [0.15, 0.2) is 0 Å². The summed E-state index contributed by atoms with van der Waals surface area (Å²) >= 11 is 0. The summed E-state index contributed by atoms with van der Waals surface area (Å²) in [4.78, 5) is 30.3. The number of ketones is 1. The molecule has 0 spiro atoms. The highest BCUT2D eigenvalue weighted by Crippen LogP contribution is 2.40. The van der Waals surface area contributed by atoms with E-state index < -0.39 is 17.7 Å². The quantitative estimate of drug-likeness (QED) is 0.353. The number of carbonyl (C=O) groups is 2. The minimum Gasteiger partial charge on any atom is -0.507 e. The van der Waals surface area contributed by atoms with Crippen LogP contribution in [0.5, 0.6) is 11.5 Å². The van der Waals surface area contributed by atoms with Crippen LogP contribution in [0, 0.1) is 6.92 Å². The number of aryl methyl sites for hydroxylation is 1. The van der Waals surface area contributed by atoms with E-state index in [-0.39, 0.29) is 11.3 Å². The molecular formula is C27H32N2O6. The average molecular weight is 481 g/mol. The topological polar surface area (TPSA) is 88.5 Å². The first-order valence-electron chi connectivity index (χ1n) is 11.8. The maximum atomic E-state index is 13.2. The highest BCUT2D eigenvalue weighted by molar-refractivity contribution is 6.46. The Kier molecular flexibility index (Phi) is 7.73. The molecule has 0 radical (unpaired) electrons. The molecule has 1 amide bonds. The van der Waals surface area contributed by atoms with Crippen LogP contribution in [0.2, 0.25) is 0 Å². The standard InChI is InChI=1S/C27H32N2O6/c1-18-17-20(7-10-22(18)34-3)25(30)23-24(19-5-8-21(33-2)9-6-19)29(27(32)26(23)31)12-4-11-28-13-15-35-16-14-28/h5-10,17,24,30H,4,11-16H2,1-3H3/t24-/m0/s1. The van der Waals surface area contributed by atoms with Crippen molar-refractivity contribution >= 4 is 17.4 Å². The van der Waals surface area contributed by atoms with Gasteiger partial charge in [-0.15, -0.1) is 0 Å². The summed E-state index contributed by atoms with van der Waals surface area (Å²) in [6.07, 6.45) is 0.710.